The summed E-state index contributed by atoms with van der Waals surface area (Å²) in [6, 6.07) is 136. The van der Waals surface area contributed by atoms with E-state index >= 15 is 0 Å². The molecule has 8 nitrogen and oxygen atoms in total. The van der Waals surface area contributed by atoms with Crippen molar-refractivity contribution in [3.05, 3.63) is 413 Å². The number of carbonyl (C=O) groups is 2. The van der Waals surface area contributed by atoms with Crippen molar-refractivity contribution in [1.29, 1.82) is 0 Å². The minimum atomic E-state index is -0.442. The number of allylic oxidation sites excluding steroid dienone is 4. The van der Waals surface area contributed by atoms with Crippen LogP contribution in [0.5, 0.6) is 5.75 Å². The molecule has 2 heterocycles. The van der Waals surface area contributed by atoms with E-state index in [-0.39, 0.29) is 17.0 Å². The van der Waals surface area contributed by atoms with Crippen molar-refractivity contribution in [3.8, 4) is 94.8 Å². The summed E-state index contributed by atoms with van der Waals surface area (Å²) in [7, 11) is 0.974. The molecule has 1 radical (unpaired) electrons. The molecule has 2 N–H and O–H groups in total. The second kappa shape index (κ2) is 33.8. The molecule has 134 heavy (non-hydrogen) atoms. The van der Waals surface area contributed by atoms with Gasteiger partial charge in [-0.2, -0.15) is 0 Å². The number of nitrogen functional groups attached to an aromatic ring is 1. The van der Waals surface area contributed by atoms with Crippen LogP contribution in [0.2, 0.25) is 0 Å². The smallest absolute Gasteiger partial charge is 0.427 e. The first-order valence-corrected chi connectivity index (χ1v) is 47.1. The van der Waals surface area contributed by atoms with E-state index in [1.165, 1.54) is 188 Å². The highest BCUT2D eigenvalue weighted by Crippen LogP contribution is 2.63. The van der Waals surface area contributed by atoms with Gasteiger partial charge in [0.25, 0.3) is 6.47 Å². The summed E-state index contributed by atoms with van der Waals surface area (Å²) >= 11 is 7.00. The summed E-state index contributed by atoms with van der Waals surface area (Å²) in [6.45, 7) is 16.9. The number of Topliss-reactive ketones (excluding diaryl/α,β-unsaturated/α-hetero) is 1. The molecule has 0 atom stereocenters. The van der Waals surface area contributed by atoms with Crippen molar-refractivity contribution in [2.24, 2.45) is 0 Å². The van der Waals surface area contributed by atoms with E-state index in [4.69, 9.17) is 24.4 Å². The van der Waals surface area contributed by atoms with Crippen molar-refractivity contribution < 1.29 is 32.9 Å². The maximum Gasteiger partial charge on any atom is 0.494 e. The first-order valence-electron chi connectivity index (χ1n) is 45.5. The Morgan fingerprint density at radius 1 is 0.291 bits per heavy atom. The van der Waals surface area contributed by atoms with Crippen LogP contribution >= 0.6 is 31.9 Å². The maximum absolute atomic E-state index is 14.0. The van der Waals surface area contributed by atoms with Gasteiger partial charge in [0.1, 0.15) is 0 Å². The van der Waals surface area contributed by atoms with E-state index in [9.17, 15) is 9.59 Å². The molecule has 0 spiro atoms. The van der Waals surface area contributed by atoms with Crippen LogP contribution in [0.4, 0.5) is 5.69 Å². The van der Waals surface area contributed by atoms with E-state index in [0.29, 0.717) is 17.9 Å². The highest BCUT2D eigenvalue weighted by Gasteiger charge is 2.52. The van der Waals surface area contributed by atoms with Crippen molar-refractivity contribution in [2.45, 2.75) is 77.8 Å². The zero-order chi connectivity index (χ0) is 91.6. The molecule has 645 valence electrons. The summed E-state index contributed by atoms with van der Waals surface area (Å²) < 4.78 is 30.1. The molecule has 0 aromatic heterocycles. The number of fused-ring (bicyclic) bond motifs is 17. The number of nitrogens with two attached hydrogens (primary N) is 1. The molecule has 2 aliphatic heterocycles. The number of hydrogen-bond donors (Lipinski definition) is 1. The first-order chi connectivity index (χ1) is 65.1. The summed E-state index contributed by atoms with van der Waals surface area (Å²) in [5.74, 6) is 0.484. The van der Waals surface area contributed by atoms with E-state index in [1.54, 1.807) is 18.2 Å². The average Bonchev–Trinajstić information content (AvgIpc) is 1.54. The number of benzene rings is 20. The first kappa shape index (κ1) is 85.3. The largest absolute Gasteiger partial charge is 0.494 e. The summed E-state index contributed by atoms with van der Waals surface area (Å²) in [5, 5.41) is 20.4. The fourth-order valence-electron chi connectivity index (χ4n) is 20.6. The summed E-state index contributed by atoms with van der Waals surface area (Å²) in [4.78, 5) is 23.9. The lowest BCUT2D eigenvalue weighted by molar-refractivity contribution is -0.120. The monoisotopic (exact) mass is 1860 g/mol. The molecule has 0 unspecified atom stereocenters. The van der Waals surface area contributed by atoms with Crippen LogP contribution in [0.15, 0.2) is 391 Å². The molecule has 4 aliphatic carbocycles. The Kier molecular flexibility index (Phi) is 21.5. The third-order valence-electron chi connectivity index (χ3n) is 28.3. The standard InChI is InChI=1S/C42H33BO2.C36H21Br.C31H18O.C7H6BrNO2.C6H12BO2/c1-41(2)42(3,4)45-43(44-41)29-22-23-32-34(25-29)37(27-16-9-6-10-17-27)39-33-21-13-20-31-30-19-12-11-18-28(30)24-35(38(31)33)40(39)36(32)26-14-7-5-8-15-26;37-25-18-19-28-30(21-25)33(23-12-5-2-6-13-23)35-29-17-9-16-27-26-15-8-7-14-24(26)20-31(34(27)29)36(35)32(28)22-10-3-1-4-11-22;32-31-26(19-10-3-1-4-11-19)29-24-17-9-16-23-22-15-8-7-14-21(22)18-25(28(23)24)30(29)27(31)20-12-5-2-6-13-20;8-5-1-2-6(9)7(3-5)11-4-10;1-5(2)6(3,4)9-7-8-5/h5-25H,1-4H3;1-21H;1-18H;1-4H,9H2;1-4H3. The zero-order valence-electron chi connectivity index (χ0n) is 75.3. The van der Waals surface area contributed by atoms with Gasteiger partial charge in [-0.05, 0) is 307 Å². The van der Waals surface area contributed by atoms with Crippen molar-refractivity contribution in [3.63, 3.8) is 0 Å². The van der Waals surface area contributed by atoms with Crippen LogP contribution in [-0.4, -0.2) is 49.5 Å². The van der Waals surface area contributed by atoms with Gasteiger partial charge in [0.15, 0.2) is 11.5 Å². The minimum absolute atomic E-state index is 0.114. The van der Waals surface area contributed by atoms with Crippen LogP contribution in [0.25, 0.3) is 197 Å². The molecule has 2 saturated heterocycles. The number of halogens is 2. The van der Waals surface area contributed by atoms with Gasteiger partial charge in [-0.15, -0.1) is 0 Å². The van der Waals surface area contributed by atoms with E-state index < -0.39 is 18.3 Å². The number of ether oxygens (including phenoxy) is 1. The number of hydrogen-bond acceptors (Lipinski definition) is 8. The highest BCUT2D eigenvalue weighted by atomic mass is 79.9. The molecular formula is C122H90B2Br2NO7. The van der Waals surface area contributed by atoms with Crippen molar-refractivity contribution in [2.75, 3.05) is 5.73 Å². The molecule has 0 amide bonds. The highest BCUT2D eigenvalue weighted by molar-refractivity contribution is 9.10. The van der Waals surface area contributed by atoms with Crippen LogP contribution < -0.4 is 15.9 Å². The van der Waals surface area contributed by atoms with Crippen LogP contribution in [-0.2, 0) is 28.2 Å². The van der Waals surface area contributed by atoms with Gasteiger partial charge in [-0.1, -0.05) is 366 Å². The Balaban J connectivity index is 0.000000107. The Morgan fingerprint density at radius 3 is 1.03 bits per heavy atom. The van der Waals surface area contributed by atoms with Gasteiger partial charge in [0.2, 0.25) is 0 Å². The predicted octanol–water partition coefficient (Wildman–Crippen LogP) is 31.4. The quantitative estimate of drug-likeness (QED) is 0.0659. The third kappa shape index (κ3) is 14.3. The summed E-state index contributed by atoms with van der Waals surface area (Å²) in [6.07, 6.45) is 0. The fourth-order valence-corrected chi connectivity index (χ4v) is 21.3. The lowest BCUT2D eigenvalue weighted by Gasteiger charge is -2.32. The van der Waals surface area contributed by atoms with Gasteiger partial charge in [-0.3, -0.25) is 9.59 Å². The fraction of sp³-hybridized carbons (Fsp3) is 0.0984. The van der Waals surface area contributed by atoms with Crippen LogP contribution in [0, 0.1) is 0 Å². The number of rotatable bonds is 9. The van der Waals surface area contributed by atoms with Gasteiger partial charge >= 0.3 is 14.8 Å². The van der Waals surface area contributed by atoms with Crippen LogP contribution in [0.1, 0.15) is 77.6 Å². The SMILES string of the molecule is Brc1ccc2c(-c3ccccc3)c3c(c(-c4ccccc4)c2c1)-c1cccc2c1c-3cc1ccccc12.CC1(C)OB(c2ccc3c(-c4ccccc4)c4c(c(-c5ccccc5)c3c2)-c2cccc3c2c-4cc2ccccc23)OC1(C)C.CC1(C)O[B]OC1(C)C.Nc1ccc(Br)cc1OC=O.O=C1C(c2ccccc2)=C2C(=C1c1ccccc1)c1cc3ccccc3c3cccc2c13. The zero-order valence-corrected chi connectivity index (χ0v) is 78.5. The second-order valence-corrected chi connectivity index (χ2v) is 38.8. The molecule has 0 bridgehead atoms. The molecule has 26 rings (SSSR count). The van der Waals surface area contributed by atoms with Gasteiger partial charge in [-0.25, -0.2) is 0 Å². The molecule has 0 saturated carbocycles. The maximum atomic E-state index is 14.0. The van der Waals surface area contributed by atoms with Gasteiger partial charge in [0, 0.05) is 31.2 Å². The number of carbonyl (C=O) groups excluding carboxylic acids is 2. The lowest BCUT2D eigenvalue weighted by atomic mass is 9.75. The molecule has 12 heteroatoms. The molecular weight excluding hydrogens is 1770 g/mol. The molecule has 2 fully saturated rings. The molecule has 6 aliphatic rings. The average molecular weight is 1860 g/mol. The predicted molar refractivity (Wildman–Crippen MR) is 566 cm³/mol. The van der Waals surface area contributed by atoms with E-state index in [2.05, 4.69) is 368 Å². The van der Waals surface area contributed by atoms with Crippen molar-refractivity contribution >= 4 is 179 Å². The second-order valence-electron chi connectivity index (χ2n) is 37.0. The Morgan fingerprint density at radius 2 is 0.619 bits per heavy atom. The number of anilines is 1. The van der Waals surface area contributed by atoms with Crippen LogP contribution in [0.3, 0.4) is 0 Å². The van der Waals surface area contributed by atoms with Gasteiger partial charge in [0.05, 0.1) is 28.1 Å². The summed E-state index contributed by atoms with van der Waals surface area (Å²) in [5.41, 5.74) is 34.4. The topological polar surface area (TPSA) is 106 Å². The Bertz CT molecular complexity index is 8280. The normalized spacial score (nSPS) is 15.0. The van der Waals surface area contributed by atoms with Crippen molar-refractivity contribution in [1.82, 2.24) is 0 Å². The minimum Gasteiger partial charge on any atom is -0.427 e. The Hall–Kier alpha value is -14.2. The van der Waals surface area contributed by atoms with Gasteiger partial charge < -0.3 is 29.1 Å². The third-order valence-corrected chi connectivity index (χ3v) is 29.2. The van der Waals surface area contributed by atoms with E-state index in [1.807, 2.05) is 88.4 Å². The number of ketones is 1. The molecule has 20 aromatic carbocycles. The molecule has 20 aromatic rings. The Labute approximate surface area is 797 Å². The lowest BCUT2D eigenvalue weighted by Crippen LogP contribution is -2.41. The van der Waals surface area contributed by atoms with E-state index in [0.717, 1.165) is 53.4 Å².